The zero-order valence-electron chi connectivity index (χ0n) is 19.7. The highest BCUT2D eigenvalue weighted by Gasteiger charge is 2.31. The minimum Gasteiger partial charge on any atom is -0.480 e. The van der Waals surface area contributed by atoms with Crippen molar-refractivity contribution in [2.75, 3.05) is 33.4 Å². The largest absolute Gasteiger partial charge is 0.480 e. The second-order valence-corrected chi connectivity index (χ2v) is 8.31. The van der Waals surface area contributed by atoms with Crippen LogP contribution >= 0.6 is 0 Å². The summed E-state index contributed by atoms with van der Waals surface area (Å²) in [5.41, 5.74) is 4.46. The minimum absolute atomic E-state index is 0.0897. The Balaban J connectivity index is 1.68. The zero-order chi connectivity index (χ0) is 24.5. The number of methoxy groups -OCH3 is 1. The van der Waals surface area contributed by atoms with E-state index in [1.54, 1.807) is 0 Å². The van der Waals surface area contributed by atoms with E-state index in [4.69, 9.17) is 9.47 Å². The number of carbonyl (C=O) groups excluding carboxylic acids is 2. The molecule has 0 saturated carbocycles. The number of amides is 2. The van der Waals surface area contributed by atoms with Crippen molar-refractivity contribution in [3.05, 3.63) is 59.7 Å². The van der Waals surface area contributed by atoms with Crippen LogP contribution in [-0.4, -0.2) is 67.4 Å². The fourth-order valence-electron chi connectivity index (χ4n) is 4.30. The lowest BCUT2D eigenvalue weighted by Gasteiger charge is -2.26. The topological polar surface area (TPSA) is 105 Å². The van der Waals surface area contributed by atoms with Crippen LogP contribution in [0.2, 0.25) is 0 Å². The highest BCUT2D eigenvalue weighted by atomic mass is 16.5. The maximum Gasteiger partial charge on any atom is 0.407 e. The molecule has 2 aromatic carbocycles. The summed E-state index contributed by atoms with van der Waals surface area (Å²) >= 11 is 0. The number of alkyl carbamates (subject to hydrolysis) is 1. The molecule has 0 bridgehead atoms. The van der Waals surface area contributed by atoms with Crippen LogP contribution in [0.3, 0.4) is 0 Å². The van der Waals surface area contributed by atoms with Crippen molar-refractivity contribution in [1.82, 2.24) is 10.2 Å². The van der Waals surface area contributed by atoms with Crippen LogP contribution in [0.4, 0.5) is 4.79 Å². The first-order valence-electron chi connectivity index (χ1n) is 11.6. The average molecular weight is 469 g/mol. The molecule has 0 aromatic heterocycles. The van der Waals surface area contributed by atoms with Crippen molar-refractivity contribution in [2.24, 2.45) is 0 Å². The maximum absolute atomic E-state index is 13.1. The molecule has 2 N–H and O–H groups in total. The van der Waals surface area contributed by atoms with Crippen molar-refractivity contribution in [2.45, 2.75) is 38.1 Å². The van der Waals surface area contributed by atoms with Crippen LogP contribution < -0.4 is 5.32 Å². The summed E-state index contributed by atoms with van der Waals surface area (Å²) in [6, 6.07) is 15.2. The van der Waals surface area contributed by atoms with Gasteiger partial charge in [0.05, 0.1) is 6.61 Å². The highest BCUT2D eigenvalue weighted by molar-refractivity contribution is 5.88. The fourth-order valence-corrected chi connectivity index (χ4v) is 4.30. The molecule has 182 valence electrons. The van der Waals surface area contributed by atoms with Crippen molar-refractivity contribution in [1.29, 1.82) is 0 Å². The number of benzene rings is 2. The molecular weight excluding hydrogens is 436 g/mol. The van der Waals surface area contributed by atoms with E-state index < -0.39 is 30.6 Å². The van der Waals surface area contributed by atoms with E-state index in [-0.39, 0.29) is 25.7 Å². The van der Waals surface area contributed by atoms with Gasteiger partial charge in [-0.1, -0.05) is 68.3 Å². The van der Waals surface area contributed by atoms with Gasteiger partial charge in [0.1, 0.15) is 19.2 Å². The zero-order valence-corrected chi connectivity index (χ0v) is 19.7. The van der Waals surface area contributed by atoms with Crippen molar-refractivity contribution < 1.29 is 29.0 Å². The van der Waals surface area contributed by atoms with Gasteiger partial charge in [-0.15, -0.1) is 0 Å². The third-order valence-corrected chi connectivity index (χ3v) is 5.98. The Morgan fingerprint density at radius 2 is 1.68 bits per heavy atom. The van der Waals surface area contributed by atoms with E-state index >= 15 is 0 Å². The van der Waals surface area contributed by atoms with Crippen LogP contribution in [0.15, 0.2) is 48.5 Å². The standard InChI is InChI=1S/C26H32N2O6/c1-3-4-13-23(25(31)28(14-15-33-2)16-24(29)30)27-26(32)34-17-22-20-11-7-5-9-18(20)19-10-6-8-12-21(19)22/h5-12,22-23H,3-4,13-17H2,1-2H3,(H,27,32)(H,29,30). The number of nitrogens with one attached hydrogen (secondary N) is 1. The smallest absolute Gasteiger partial charge is 0.407 e. The molecule has 8 heteroatoms. The SMILES string of the molecule is CCCCC(NC(=O)OCC1c2ccccc2-c2ccccc21)C(=O)N(CCOC)CC(=O)O. The molecule has 0 heterocycles. The molecule has 3 rings (SSSR count). The molecule has 34 heavy (non-hydrogen) atoms. The molecule has 0 fully saturated rings. The van der Waals surface area contributed by atoms with Crippen molar-refractivity contribution in [3.8, 4) is 11.1 Å². The number of carboxylic acids is 1. The van der Waals surface area contributed by atoms with E-state index in [2.05, 4.69) is 17.4 Å². The first-order chi connectivity index (χ1) is 16.5. The van der Waals surface area contributed by atoms with Crippen LogP contribution in [0, 0.1) is 0 Å². The molecule has 1 unspecified atom stereocenters. The van der Waals surface area contributed by atoms with Gasteiger partial charge in [-0.05, 0) is 28.7 Å². The average Bonchev–Trinajstić information content (AvgIpc) is 3.16. The molecule has 1 aliphatic rings. The van der Waals surface area contributed by atoms with Gasteiger partial charge in [-0.3, -0.25) is 9.59 Å². The normalized spacial score (nSPS) is 13.0. The predicted octanol–water partition coefficient (Wildman–Crippen LogP) is 3.64. The third-order valence-electron chi connectivity index (χ3n) is 5.98. The van der Waals surface area contributed by atoms with Crippen molar-refractivity contribution in [3.63, 3.8) is 0 Å². The second-order valence-electron chi connectivity index (χ2n) is 8.31. The maximum atomic E-state index is 13.1. The third kappa shape index (κ3) is 6.14. The quantitative estimate of drug-likeness (QED) is 0.493. The number of unbranched alkanes of at least 4 members (excludes halogenated alkanes) is 1. The Labute approximate surface area is 199 Å². The van der Waals surface area contributed by atoms with Gasteiger partial charge in [0, 0.05) is 19.6 Å². The summed E-state index contributed by atoms with van der Waals surface area (Å²) in [6.07, 6.45) is 1.22. The Bertz CT molecular complexity index is 963. The predicted molar refractivity (Wildman–Crippen MR) is 128 cm³/mol. The van der Waals surface area contributed by atoms with E-state index in [9.17, 15) is 19.5 Å². The number of nitrogens with zero attached hydrogens (tertiary/aromatic N) is 1. The summed E-state index contributed by atoms with van der Waals surface area (Å²) in [6.45, 7) is 1.98. The van der Waals surface area contributed by atoms with Gasteiger partial charge < -0.3 is 24.8 Å². The molecule has 0 radical (unpaired) electrons. The number of carboxylic acid groups (broad SMARTS) is 1. The number of aliphatic carboxylic acids is 1. The molecule has 8 nitrogen and oxygen atoms in total. The van der Waals surface area contributed by atoms with Crippen molar-refractivity contribution >= 4 is 18.0 Å². The Hall–Kier alpha value is -3.39. The minimum atomic E-state index is -1.13. The lowest BCUT2D eigenvalue weighted by atomic mass is 9.98. The van der Waals surface area contributed by atoms with E-state index in [1.165, 1.54) is 12.0 Å². The molecule has 0 aliphatic heterocycles. The summed E-state index contributed by atoms with van der Waals surface area (Å²) in [5.74, 6) is -1.67. The lowest BCUT2D eigenvalue weighted by molar-refractivity contribution is -0.145. The number of rotatable bonds is 12. The van der Waals surface area contributed by atoms with Gasteiger partial charge in [-0.25, -0.2) is 4.79 Å². The molecule has 2 aromatic rings. The first kappa shape index (κ1) is 25.2. The fraction of sp³-hybridized carbons (Fsp3) is 0.423. The van der Waals surface area contributed by atoms with Crippen LogP contribution in [0.25, 0.3) is 11.1 Å². The van der Waals surface area contributed by atoms with E-state index in [1.807, 2.05) is 43.3 Å². The highest BCUT2D eigenvalue weighted by Crippen LogP contribution is 2.44. The number of fused-ring (bicyclic) bond motifs is 3. The summed E-state index contributed by atoms with van der Waals surface area (Å²) < 4.78 is 10.6. The van der Waals surface area contributed by atoms with Gasteiger partial charge >= 0.3 is 12.1 Å². The Morgan fingerprint density at radius 1 is 1.06 bits per heavy atom. The van der Waals surface area contributed by atoms with Gasteiger partial charge in [0.2, 0.25) is 5.91 Å². The number of hydrogen-bond donors (Lipinski definition) is 2. The van der Waals surface area contributed by atoms with Gasteiger partial charge in [0.15, 0.2) is 0 Å². The summed E-state index contributed by atoms with van der Waals surface area (Å²) in [4.78, 5) is 38.2. The summed E-state index contributed by atoms with van der Waals surface area (Å²) in [7, 11) is 1.48. The number of hydrogen-bond acceptors (Lipinski definition) is 5. The Morgan fingerprint density at radius 3 is 2.24 bits per heavy atom. The van der Waals surface area contributed by atoms with E-state index in [0.29, 0.717) is 12.8 Å². The molecule has 1 aliphatic carbocycles. The molecule has 1 atom stereocenters. The second kappa shape index (κ2) is 12.2. The van der Waals surface area contributed by atoms with E-state index in [0.717, 1.165) is 28.7 Å². The Kier molecular flexibility index (Phi) is 9.04. The van der Waals surface area contributed by atoms with Crippen LogP contribution in [-0.2, 0) is 19.1 Å². The number of carbonyl (C=O) groups is 3. The molecule has 0 saturated heterocycles. The van der Waals surface area contributed by atoms with Gasteiger partial charge in [-0.2, -0.15) is 0 Å². The number of ether oxygens (including phenoxy) is 2. The van der Waals surface area contributed by atoms with Crippen LogP contribution in [0.5, 0.6) is 0 Å². The molecule has 2 amide bonds. The van der Waals surface area contributed by atoms with Crippen LogP contribution in [0.1, 0.15) is 43.2 Å². The monoisotopic (exact) mass is 468 g/mol. The molecule has 0 spiro atoms. The first-order valence-corrected chi connectivity index (χ1v) is 11.6. The molecular formula is C26H32N2O6. The van der Waals surface area contributed by atoms with Gasteiger partial charge in [0.25, 0.3) is 0 Å². The summed E-state index contributed by atoms with van der Waals surface area (Å²) in [5, 5.41) is 11.9. The lowest BCUT2D eigenvalue weighted by Crippen LogP contribution is -2.51.